The average molecular weight is 204 g/mol. The molecule has 0 amide bonds. The number of nitrogens with two attached hydrogens (primary N) is 1. The van der Waals surface area contributed by atoms with Crippen molar-refractivity contribution in [3.8, 4) is 0 Å². The predicted octanol–water partition coefficient (Wildman–Crippen LogP) is 0.711. The van der Waals surface area contributed by atoms with E-state index in [9.17, 15) is 0 Å². The van der Waals surface area contributed by atoms with Crippen LogP contribution in [-0.2, 0) is 9.47 Å². The van der Waals surface area contributed by atoms with Gasteiger partial charge in [-0.1, -0.05) is 6.92 Å². The second-order valence-electron chi connectivity index (χ2n) is 3.88. The van der Waals surface area contributed by atoms with Crippen LogP contribution in [0, 0.1) is 0 Å². The number of hydrogen-bond donors (Lipinski definition) is 2. The van der Waals surface area contributed by atoms with Gasteiger partial charge in [-0.3, -0.25) is 0 Å². The van der Waals surface area contributed by atoms with Gasteiger partial charge in [0, 0.05) is 26.8 Å². The fraction of sp³-hybridized carbons (Fsp3) is 1.00. The quantitative estimate of drug-likeness (QED) is 0.600. The van der Waals surface area contributed by atoms with Crippen LogP contribution in [0.2, 0.25) is 0 Å². The molecule has 4 heteroatoms. The Balaban J connectivity index is 4.43. The molecule has 0 radical (unpaired) electrons. The molecule has 0 rings (SSSR count). The Bertz CT molecular complexity index is 151. The Labute approximate surface area is 87.1 Å². The molecule has 0 aromatic heterocycles. The molecule has 0 aliphatic rings. The van der Waals surface area contributed by atoms with Gasteiger partial charge in [-0.05, 0) is 20.3 Å². The van der Waals surface area contributed by atoms with Gasteiger partial charge in [-0.25, -0.2) is 0 Å². The normalized spacial score (nSPS) is 18.2. The third-order valence-electron chi connectivity index (χ3n) is 2.56. The molecule has 0 saturated carbocycles. The fourth-order valence-corrected chi connectivity index (χ4v) is 1.50. The molecule has 2 unspecified atom stereocenters. The maximum Gasteiger partial charge on any atom is 0.175 e. The lowest BCUT2D eigenvalue weighted by Gasteiger charge is -2.37. The summed E-state index contributed by atoms with van der Waals surface area (Å²) < 4.78 is 10.5. The zero-order valence-electron chi connectivity index (χ0n) is 9.96. The highest BCUT2D eigenvalue weighted by atomic mass is 16.7. The van der Waals surface area contributed by atoms with Crippen molar-refractivity contribution >= 4 is 0 Å². The molecular formula is C10H24N2O2. The average Bonchev–Trinajstić information content (AvgIpc) is 2.19. The zero-order valence-corrected chi connectivity index (χ0v) is 9.96. The van der Waals surface area contributed by atoms with Gasteiger partial charge in [0.15, 0.2) is 6.29 Å². The molecule has 14 heavy (non-hydrogen) atoms. The topological polar surface area (TPSA) is 56.5 Å². The second-order valence-corrected chi connectivity index (χ2v) is 3.88. The van der Waals surface area contributed by atoms with Crippen molar-refractivity contribution in [1.82, 2.24) is 5.32 Å². The van der Waals surface area contributed by atoms with Crippen LogP contribution in [0.1, 0.15) is 27.2 Å². The molecule has 0 aliphatic heterocycles. The molecule has 3 N–H and O–H groups in total. The van der Waals surface area contributed by atoms with Crippen molar-refractivity contribution in [3.63, 3.8) is 0 Å². The Morgan fingerprint density at radius 1 is 1.36 bits per heavy atom. The van der Waals surface area contributed by atoms with E-state index in [1.54, 1.807) is 14.2 Å². The molecule has 4 nitrogen and oxygen atoms in total. The number of nitrogens with one attached hydrogen (secondary N) is 1. The number of ether oxygens (including phenoxy) is 2. The Kier molecular flexibility index (Phi) is 6.27. The highest BCUT2D eigenvalue weighted by Gasteiger charge is 2.34. The summed E-state index contributed by atoms with van der Waals surface area (Å²) in [6.45, 7) is 6.74. The minimum absolute atomic E-state index is 0.318. The maximum atomic E-state index is 5.74. The van der Waals surface area contributed by atoms with E-state index in [0.29, 0.717) is 12.6 Å². The lowest BCUT2D eigenvalue weighted by Crippen LogP contribution is -2.60. The lowest BCUT2D eigenvalue weighted by molar-refractivity contribution is -0.150. The highest BCUT2D eigenvalue weighted by molar-refractivity contribution is 4.89. The van der Waals surface area contributed by atoms with E-state index in [2.05, 4.69) is 19.2 Å². The molecular weight excluding hydrogens is 180 g/mol. The molecule has 0 bridgehead atoms. The van der Waals surface area contributed by atoms with Crippen LogP contribution < -0.4 is 11.1 Å². The van der Waals surface area contributed by atoms with Gasteiger partial charge in [-0.15, -0.1) is 0 Å². The summed E-state index contributed by atoms with van der Waals surface area (Å²) in [5.41, 5.74) is 5.41. The largest absolute Gasteiger partial charge is 0.354 e. The van der Waals surface area contributed by atoms with Gasteiger partial charge >= 0.3 is 0 Å². The first-order valence-electron chi connectivity index (χ1n) is 5.07. The van der Waals surface area contributed by atoms with E-state index < -0.39 is 0 Å². The summed E-state index contributed by atoms with van der Waals surface area (Å²) in [7, 11) is 3.25. The summed E-state index contributed by atoms with van der Waals surface area (Å²) >= 11 is 0. The molecule has 2 atom stereocenters. The van der Waals surface area contributed by atoms with Gasteiger partial charge in [0.25, 0.3) is 0 Å². The van der Waals surface area contributed by atoms with Crippen molar-refractivity contribution in [3.05, 3.63) is 0 Å². The van der Waals surface area contributed by atoms with E-state index in [-0.39, 0.29) is 11.8 Å². The first-order chi connectivity index (χ1) is 6.53. The van der Waals surface area contributed by atoms with E-state index in [1.165, 1.54) is 0 Å². The molecule has 0 spiro atoms. The third kappa shape index (κ3) is 3.53. The molecule has 0 saturated heterocycles. The van der Waals surface area contributed by atoms with E-state index in [1.807, 2.05) is 6.92 Å². The zero-order chi connectivity index (χ0) is 11.2. The van der Waals surface area contributed by atoms with Crippen molar-refractivity contribution in [1.29, 1.82) is 0 Å². The lowest BCUT2D eigenvalue weighted by atomic mass is 10.00. The van der Waals surface area contributed by atoms with Crippen LogP contribution in [0.3, 0.4) is 0 Å². The van der Waals surface area contributed by atoms with Gasteiger partial charge in [0.05, 0.1) is 5.54 Å². The van der Waals surface area contributed by atoms with Gasteiger partial charge in [0.2, 0.25) is 0 Å². The molecule has 0 fully saturated rings. The minimum atomic E-state index is -0.334. The summed E-state index contributed by atoms with van der Waals surface area (Å²) in [5, 5.41) is 3.42. The SMILES string of the molecule is CCC(C)NC(C)(CN)C(OC)OC. The molecule has 0 aliphatic carbocycles. The van der Waals surface area contributed by atoms with Gasteiger partial charge < -0.3 is 20.5 Å². The predicted molar refractivity (Wildman–Crippen MR) is 58.2 cm³/mol. The monoisotopic (exact) mass is 204 g/mol. The maximum absolute atomic E-state index is 5.74. The van der Waals surface area contributed by atoms with Crippen LogP contribution in [-0.4, -0.2) is 38.6 Å². The number of hydrogen-bond acceptors (Lipinski definition) is 4. The van der Waals surface area contributed by atoms with Gasteiger partial charge in [0.1, 0.15) is 0 Å². The van der Waals surface area contributed by atoms with Crippen LogP contribution in [0.4, 0.5) is 0 Å². The first-order valence-corrected chi connectivity index (χ1v) is 5.07. The summed E-state index contributed by atoms with van der Waals surface area (Å²) in [6.07, 6.45) is 0.733. The highest BCUT2D eigenvalue weighted by Crippen LogP contribution is 2.14. The molecule has 0 aromatic carbocycles. The number of rotatable bonds is 7. The summed E-state index contributed by atoms with van der Waals surface area (Å²) in [6, 6.07) is 0.399. The standard InChI is InChI=1S/C10H24N2O2/c1-6-8(2)12-10(3,7-11)9(13-4)14-5/h8-9,12H,6-7,11H2,1-5H3. The van der Waals surface area contributed by atoms with Crippen LogP contribution in [0.15, 0.2) is 0 Å². The summed E-state index contributed by atoms with van der Waals surface area (Å²) in [4.78, 5) is 0. The minimum Gasteiger partial charge on any atom is -0.354 e. The van der Waals surface area contributed by atoms with Crippen molar-refractivity contribution in [2.75, 3.05) is 20.8 Å². The van der Waals surface area contributed by atoms with E-state index >= 15 is 0 Å². The van der Waals surface area contributed by atoms with Crippen LogP contribution in [0.25, 0.3) is 0 Å². The number of methoxy groups -OCH3 is 2. The van der Waals surface area contributed by atoms with Crippen LogP contribution >= 0.6 is 0 Å². The van der Waals surface area contributed by atoms with Crippen molar-refractivity contribution < 1.29 is 9.47 Å². The van der Waals surface area contributed by atoms with E-state index in [4.69, 9.17) is 15.2 Å². The Hall–Kier alpha value is -0.160. The van der Waals surface area contributed by atoms with Crippen molar-refractivity contribution in [2.24, 2.45) is 5.73 Å². The molecule has 0 heterocycles. The Morgan fingerprint density at radius 2 is 1.86 bits per heavy atom. The van der Waals surface area contributed by atoms with Crippen LogP contribution in [0.5, 0.6) is 0 Å². The third-order valence-corrected chi connectivity index (χ3v) is 2.56. The second kappa shape index (κ2) is 6.35. The molecule has 86 valence electrons. The summed E-state index contributed by atoms with van der Waals surface area (Å²) in [5.74, 6) is 0. The van der Waals surface area contributed by atoms with Gasteiger partial charge in [-0.2, -0.15) is 0 Å². The van der Waals surface area contributed by atoms with E-state index in [0.717, 1.165) is 6.42 Å². The smallest absolute Gasteiger partial charge is 0.175 e. The molecule has 0 aromatic rings. The fourth-order valence-electron chi connectivity index (χ4n) is 1.50. The van der Waals surface area contributed by atoms with Crippen molar-refractivity contribution in [2.45, 2.75) is 45.1 Å². The first kappa shape index (κ1) is 13.8. The Morgan fingerprint density at radius 3 is 2.14 bits per heavy atom.